The monoisotopic (exact) mass is 584 g/mol. The Labute approximate surface area is 237 Å². The number of halogens is 1. The first-order chi connectivity index (χ1) is 18.9. The minimum atomic E-state index is -4.52. The van der Waals surface area contributed by atoms with Gasteiger partial charge in [-0.05, 0) is 49.2 Å². The molecule has 10 nitrogen and oxygen atoms in total. The molecule has 1 saturated heterocycles. The standard InChI is InChI=1S/C28H29ClN4O6S/c1-17-9-12-25(30-15-17)40(37,38)33-22-11-10-18(29)13-21(22)28(27(33)36,20-7-5-6-8-24(20)39-4)32-16-19(34)14-23(32)26(35)31(2)3/h5-13,15,19,23,34H,14,16H2,1-4H3/t19-,23+,28?/m1/s1. The zero-order chi connectivity index (χ0) is 29.0. The molecule has 2 aliphatic heterocycles. The number of carbonyl (C=O) groups is 2. The van der Waals surface area contributed by atoms with Gasteiger partial charge in [0, 0.05) is 43.0 Å². The predicted octanol–water partition coefficient (Wildman–Crippen LogP) is 2.55. The fourth-order valence-corrected chi connectivity index (χ4v) is 7.19. The number of aliphatic hydroxyl groups excluding tert-OH is 1. The SMILES string of the molecule is COc1ccccc1C1(N2C[C@H](O)C[C@H]2C(=O)N(C)C)C(=O)N(S(=O)(=O)c2ccc(C)cn2)c2ccc(Cl)cc21. The number of benzene rings is 2. The number of β-amino-alcohol motifs (C(OH)–C–C–N with tert-alkyl or cyclic N) is 1. The Bertz CT molecular complexity index is 1600. The van der Waals surface area contributed by atoms with Crippen LogP contribution in [0.25, 0.3) is 0 Å². The lowest BCUT2D eigenvalue weighted by Gasteiger charge is -2.42. The van der Waals surface area contributed by atoms with Crippen molar-refractivity contribution < 1.29 is 27.9 Å². The molecule has 1 aromatic heterocycles. The quantitative estimate of drug-likeness (QED) is 0.469. The number of likely N-dealkylation sites (N-methyl/N-ethyl adjacent to an activating group) is 1. The van der Waals surface area contributed by atoms with Crippen LogP contribution >= 0.6 is 11.6 Å². The van der Waals surface area contributed by atoms with Gasteiger partial charge in [-0.15, -0.1) is 0 Å². The molecular weight excluding hydrogens is 556 g/mol. The fraction of sp³-hybridized carbons (Fsp3) is 0.321. The number of ether oxygens (including phenoxy) is 1. The summed E-state index contributed by atoms with van der Waals surface area (Å²) in [5.41, 5.74) is -0.515. The molecule has 40 heavy (non-hydrogen) atoms. The van der Waals surface area contributed by atoms with Crippen molar-refractivity contribution in [2.45, 2.75) is 36.1 Å². The Kier molecular flexibility index (Phi) is 7.11. The van der Waals surface area contributed by atoms with Gasteiger partial charge in [-0.3, -0.25) is 14.5 Å². The van der Waals surface area contributed by atoms with Crippen LogP contribution in [0, 0.1) is 6.92 Å². The highest BCUT2D eigenvalue weighted by Gasteiger charge is 2.64. The van der Waals surface area contributed by atoms with E-state index in [2.05, 4.69) is 4.98 Å². The Balaban J connectivity index is 1.86. The maximum atomic E-state index is 15.0. The summed E-state index contributed by atoms with van der Waals surface area (Å²) in [5, 5.41) is 10.8. The number of para-hydroxylation sites is 1. The zero-order valence-electron chi connectivity index (χ0n) is 22.4. The molecule has 1 fully saturated rings. The number of nitrogens with zero attached hydrogens (tertiary/aromatic N) is 4. The van der Waals surface area contributed by atoms with Crippen LogP contribution < -0.4 is 9.04 Å². The lowest BCUT2D eigenvalue weighted by atomic mass is 9.80. The largest absolute Gasteiger partial charge is 0.496 e. The van der Waals surface area contributed by atoms with Crippen molar-refractivity contribution in [1.82, 2.24) is 14.8 Å². The third kappa shape index (κ3) is 4.15. The van der Waals surface area contributed by atoms with E-state index in [1.165, 1.54) is 42.5 Å². The highest BCUT2D eigenvalue weighted by molar-refractivity contribution is 7.93. The lowest BCUT2D eigenvalue weighted by Crippen LogP contribution is -2.59. The van der Waals surface area contributed by atoms with Crippen LogP contribution in [0.1, 0.15) is 23.1 Å². The summed E-state index contributed by atoms with van der Waals surface area (Å²) in [5.74, 6) is -0.905. The Morgan fingerprint density at radius 2 is 1.88 bits per heavy atom. The van der Waals surface area contributed by atoms with Crippen molar-refractivity contribution in [2.24, 2.45) is 0 Å². The number of likely N-dealkylation sites (tertiary alicyclic amines) is 1. The molecule has 12 heteroatoms. The molecule has 2 aliphatic rings. The molecule has 0 bridgehead atoms. The van der Waals surface area contributed by atoms with Gasteiger partial charge in [0.05, 0.1) is 24.9 Å². The molecule has 0 spiro atoms. The second kappa shape index (κ2) is 10.2. The van der Waals surface area contributed by atoms with Crippen molar-refractivity contribution in [3.63, 3.8) is 0 Å². The van der Waals surface area contributed by atoms with E-state index >= 15 is 0 Å². The van der Waals surface area contributed by atoms with Crippen molar-refractivity contribution in [2.75, 3.05) is 32.1 Å². The molecule has 1 unspecified atom stereocenters. The number of hydrogen-bond acceptors (Lipinski definition) is 8. The van der Waals surface area contributed by atoms with E-state index in [1.54, 1.807) is 56.3 Å². The molecule has 0 saturated carbocycles. The number of aromatic nitrogens is 1. The highest BCUT2D eigenvalue weighted by Crippen LogP contribution is 2.54. The number of aryl methyl sites for hydroxylation is 1. The number of pyridine rings is 1. The summed E-state index contributed by atoms with van der Waals surface area (Å²) in [6.07, 6.45) is 0.496. The van der Waals surface area contributed by atoms with Gasteiger partial charge in [0.2, 0.25) is 5.91 Å². The number of aliphatic hydroxyl groups is 1. The first-order valence-electron chi connectivity index (χ1n) is 12.6. The van der Waals surface area contributed by atoms with Gasteiger partial charge in [0.25, 0.3) is 15.9 Å². The molecule has 2 aromatic carbocycles. The van der Waals surface area contributed by atoms with Gasteiger partial charge in [-0.2, -0.15) is 12.7 Å². The number of sulfonamides is 1. The second-order valence-corrected chi connectivity index (χ2v) is 12.3. The van der Waals surface area contributed by atoms with E-state index in [-0.39, 0.29) is 40.2 Å². The molecule has 1 N–H and O–H groups in total. The normalized spacial score (nSPS) is 22.9. The first kappa shape index (κ1) is 28.0. The third-order valence-corrected chi connectivity index (χ3v) is 9.23. The lowest BCUT2D eigenvalue weighted by molar-refractivity contribution is -0.138. The van der Waals surface area contributed by atoms with E-state index in [9.17, 15) is 23.1 Å². The molecular formula is C28H29ClN4O6S. The summed E-state index contributed by atoms with van der Waals surface area (Å²) in [4.78, 5) is 35.5. The predicted molar refractivity (Wildman–Crippen MR) is 149 cm³/mol. The number of anilines is 1. The van der Waals surface area contributed by atoms with E-state index in [1.807, 2.05) is 0 Å². The van der Waals surface area contributed by atoms with Crippen LogP contribution in [-0.2, 0) is 25.2 Å². The minimum Gasteiger partial charge on any atom is -0.496 e. The Hall–Kier alpha value is -3.51. The summed E-state index contributed by atoms with van der Waals surface area (Å²) >= 11 is 6.47. The van der Waals surface area contributed by atoms with E-state index < -0.39 is 33.6 Å². The van der Waals surface area contributed by atoms with E-state index in [0.717, 1.165) is 9.87 Å². The van der Waals surface area contributed by atoms with Gasteiger partial charge in [0.1, 0.15) is 5.75 Å². The first-order valence-corrected chi connectivity index (χ1v) is 14.4. The van der Waals surface area contributed by atoms with E-state index in [0.29, 0.717) is 11.3 Å². The summed E-state index contributed by atoms with van der Waals surface area (Å²) in [6.45, 7) is 1.69. The molecule has 0 radical (unpaired) electrons. The highest BCUT2D eigenvalue weighted by atomic mass is 35.5. The Morgan fingerprint density at radius 3 is 2.52 bits per heavy atom. The number of rotatable bonds is 6. The summed E-state index contributed by atoms with van der Waals surface area (Å²) in [7, 11) is 0.0898. The van der Waals surface area contributed by atoms with Gasteiger partial charge >= 0.3 is 0 Å². The van der Waals surface area contributed by atoms with Crippen LogP contribution in [-0.4, -0.2) is 80.0 Å². The summed E-state index contributed by atoms with van der Waals surface area (Å²) in [6, 6.07) is 13.2. The van der Waals surface area contributed by atoms with Gasteiger partial charge < -0.3 is 14.7 Å². The number of hydrogen-bond donors (Lipinski definition) is 1. The van der Waals surface area contributed by atoms with Crippen molar-refractivity contribution in [3.8, 4) is 5.75 Å². The van der Waals surface area contributed by atoms with Gasteiger partial charge in [-0.25, -0.2) is 4.98 Å². The van der Waals surface area contributed by atoms with E-state index in [4.69, 9.17) is 16.3 Å². The zero-order valence-corrected chi connectivity index (χ0v) is 24.0. The van der Waals surface area contributed by atoms with Crippen LogP contribution in [0.2, 0.25) is 5.02 Å². The molecule has 3 aromatic rings. The summed E-state index contributed by atoms with van der Waals surface area (Å²) < 4.78 is 34.6. The van der Waals surface area contributed by atoms with Crippen LogP contribution in [0.4, 0.5) is 5.69 Å². The number of amides is 2. The van der Waals surface area contributed by atoms with Crippen LogP contribution in [0.15, 0.2) is 65.8 Å². The molecule has 3 atom stereocenters. The molecule has 2 amide bonds. The average molecular weight is 585 g/mol. The average Bonchev–Trinajstić information content (AvgIpc) is 3.43. The number of carbonyl (C=O) groups excluding carboxylic acids is 2. The van der Waals surface area contributed by atoms with Gasteiger partial charge in [-0.1, -0.05) is 35.9 Å². The molecule has 5 rings (SSSR count). The molecule has 3 heterocycles. The maximum Gasteiger partial charge on any atom is 0.288 e. The molecule has 210 valence electrons. The van der Waals surface area contributed by atoms with Crippen LogP contribution in [0.5, 0.6) is 5.75 Å². The third-order valence-electron chi connectivity index (χ3n) is 7.38. The van der Waals surface area contributed by atoms with Gasteiger partial charge in [0.15, 0.2) is 10.6 Å². The fourth-order valence-electron chi connectivity index (χ4n) is 5.64. The Morgan fingerprint density at radius 1 is 1.15 bits per heavy atom. The smallest absolute Gasteiger partial charge is 0.288 e. The van der Waals surface area contributed by atoms with Crippen molar-refractivity contribution >= 4 is 39.1 Å². The van der Waals surface area contributed by atoms with Crippen LogP contribution in [0.3, 0.4) is 0 Å². The van der Waals surface area contributed by atoms with Crippen molar-refractivity contribution in [1.29, 1.82) is 0 Å². The topological polar surface area (TPSA) is 120 Å². The molecule has 0 aliphatic carbocycles. The number of methoxy groups -OCH3 is 1. The van der Waals surface area contributed by atoms with Crippen molar-refractivity contribution in [3.05, 3.63) is 82.5 Å². The maximum absolute atomic E-state index is 15.0. The minimum absolute atomic E-state index is 0.0450. The second-order valence-electron chi connectivity index (χ2n) is 10.1. The number of fused-ring (bicyclic) bond motifs is 1.